The monoisotopic (exact) mass is 293 g/mol. The van der Waals surface area contributed by atoms with Gasteiger partial charge >= 0.3 is 6.18 Å². The molecule has 6 heteroatoms. The number of likely N-dealkylation sites (tertiary alicyclic amines) is 1. The van der Waals surface area contributed by atoms with Crippen molar-refractivity contribution in [3.05, 3.63) is 35.4 Å². The average Bonchev–Trinajstić information content (AvgIpc) is 2.38. The Labute approximate surface area is 114 Å². The van der Waals surface area contributed by atoms with Crippen molar-refractivity contribution >= 4 is 0 Å². The highest BCUT2D eigenvalue weighted by atomic mass is 19.4. The molecule has 1 nitrogen and oxygen atoms in total. The van der Waals surface area contributed by atoms with Crippen LogP contribution in [0.4, 0.5) is 22.0 Å². The third-order valence-electron chi connectivity index (χ3n) is 3.61. The van der Waals surface area contributed by atoms with E-state index in [-0.39, 0.29) is 12.6 Å². The Morgan fingerprint density at radius 1 is 1.10 bits per heavy atom. The Hall–Kier alpha value is -1.17. The molecule has 0 radical (unpaired) electrons. The lowest BCUT2D eigenvalue weighted by molar-refractivity contribution is -0.137. The topological polar surface area (TPSA) is 3.24 Å². The maximum absolute atomic E-state index is 12.5. The Kier molecular flexibility index (Phi) is 4.62. The zero-order valence-corrected chi connectivity index (χ0v) is 10.8. The average molecular weight is 293 g/mol. The lowest BCUT2D eigenvalue weighted by Gasteiger charge is -2.35. The van der Waals surface area contributed by atoms with Gasteiger partial charge in [-0.15, -0.1) is 0 Å². The summed E-state index contributed by atoms with van der Waals surface area (Å²) in [6.45, 7) is 0.238. The lowest BCUT2D eigenvalue weighted by Crippen LogP contribution is -2.36. The van der Waals surface area contributed by atoms with Gasteiger partial charge in [0.05, 0.1) is 12.1 Å². The van der Waals surface area contributed by atoms with Crippen LogP contribution in [-0.2, 0) is 6.18 Å². The molecule has 0 N–H and O–H groups in total. The molecule has 1 aromatic rings. The molecule has 0 aromatic heterocycles. The van der Waals surface area contributed by atoms with Gasteiger partial charge in [0.1, 0.15) is 0 Å². The number of hydrogen-bond donors (Lipinski definition) is 0. The minimum absolute atomic E-state index is 0.208. The van der Waals surface area contributed by atoms with Crippen molar-refractivity contribution in [2.75, 3.05) is 13.1 Å². The van der Waals surface area contributed by atoms with Crippen molar-refractivity contribution in [1.29, 1.82) is 0 Å². The van der Waals surface area contributed by atoms with E-state index in [2.05, 4.69) is 0 Å². The first-order valence-corrected chi connectivity index (χ1v) is 6.57. The molecule has 20 heavy (non-hydrogen) atoms. The summed E-state index contributed by atoms with van der Waals surface area (Å²) < 4.78 is 62.6. The number of alkyl halides is 5. The van der Waals surface area contributed by atoms with E-state index in [9.17, 15) is 22.0 Å². The fourth-order valence-electron chi connectivity index (χ4n) is 2.66. The van der Waals surface area contributed by atoms with Crippen LogP contribution in [0.3, 0.4) is 0 Å². The molecule has 1 fully saturated rings. The maximum Gasteiger partial charge on any atom is 0.416 e. The van der Waals surface area contributed by atoms with Gasteiger partial charge in [-0.1, -0.05) is 18.6 Å². The van der Waals surface area contributed by atoms with E-state index in [1.165, 1.54) is 12.1 Å². The van der Waals surface area contributed by atoms with Gasteiger partial charge in [-0.05, 0) is 37.1 Å². The zero-order valence-electron chi connectivity index (χ0n) is 10.8. The molecular formula is C14H16F5N. The third kappa shape index (κ3) is 3.69. The summed E-state index contributed by atoms with van der Waals surface area (Å²) in [4.78, 5) is 1.66. The van der Waals surface area contributed by atoms with Gasteiger partial charge in [0.2, 0.25) is 0 Å². The summed E-state index contributed by atoms with van der Waals surface area (Å²) in [5.74, 6) is 0. The molecule has 1 saturated heterocycles. The van der Waals surface area contributed by atoms with E-state index < -0.39 is 18.2 Å². The van der Waals surface area contributed by atoms with E-state index in [0.717, 1.165) is 25.0 Å². The molecule has 112 valence electrons. The van der Waals surface area contributed by atoms with Crippen LogP contribution in [0, 0.1) is 0 Å². The highest BCUT2D eigenvalue weighted by Gasteiger charge is 2.31. The molecule has 0 amide bonds. The van der Waals surface area contributed by atoms with Gasteiger partial charge < -0.3 is 0 Å². The summed E-state index contributed by atoms with van der Waals surface area (Å²) in [6, 6.07) is 4.63. The van der Waals surface area contributed by atoms with Crippen LogP contribution >= 0.6 is 0 Å². The number of nitrogens with zero attached hydrogens (tertiary/aromatic N) is 1. The molecule has 1 unspecified atom stereocenters. The highest BCUT2D eigenvalue weighted by molar-refractivity contribution is 5.27. The fraction of sp³-hybridized carbons (Fsp3) is 0.571. The second-order valence-electron chi connectivity index (χ2n) is 5.02. The van der Waals surface area contributed by atoms with Gasteiger partial charge in [0.15, 0.2) is 0 Å². The Morgan fingerprint density at radius 2 is 1.75 bits per heavy atom. The molecule has 2 rings (SSSR count). The highest BCUT2D eigenvalue weighted by Crippen LogP contribution is 2.34. The van der Waals surface area contributed by atoms with Crippen molar-refractivity contribution in [3.63, 3.8) is 0 Å². The van der Waals surface area contributed by atoms with E-state index in [0.29, 0.717) is 18.5 Å². The summed E-state index contributed by atoms with van der Waals surface area (Å²) in [5.41, 5.74) is -0.0316. The minimum Gasteiger partial charge on any atom is -0.291 e. The molecule has 0 saturated carbocycles. The summed E-state index contributed by atoms with van der Waals surface area (Å²) in [5, 5.41) is 0. The van der Waals surface area contributed by atoms with E-state index in [1.807, 2.05) is 0 Å². The van der Waals surface area contributed by atoms with Crippen LogP contribution in [0.15, 0.2) is 24.3 Å². The van der Waals surface area contributed by atoms with Crippen LogP contribution < -0.4 is 0 Å². The molecular weight excluding hydrogens is 277 g/mol. The summed E-state index contributed by atoms with van der Waals surface area (Å²) in [6.07, 6.45) is -4.33. The Balaban J connectivity index is 2.15. The molecule has 1 aliphatic rings. The van der Waals surface area contributed by atoms with Crippen LogP contribution in [-0.4, -0.2) is 24.4 Å². The fourth-order valence-corrected chi connectivity index (χ4v) is 2.66. The van der Waals surface area contributed by atoms with Crippen molar-refractivity contribution in [1.82, 2.24) is 4.90 Å². The zero-order chi connectivity index (χ0) is 14.8. The number of benzene rings is 1. The first kappa shape index (κ1) is 15.2. The van der Waals surface area contributed by atoms with Gasteiger partial charge in [0, 0.05) is 6.04 Å². The minimum atomic E-state index is -4.37. The number of piperidine rings is 1. The summed E-state index contributed by atoms with van der Waals surface area (Å²) >= 11 is 0. The molecule has 1 heterocycles. The van der Waals surface area contributed by atoms with Crippen molar-refractivity contribution < 1.29 is 22.0 Å². The normalized spacial score (nSPS) is 21.4. The second kappa shape index (κ2) is 6.08. The van der Waals surface area contributed by atoms with E-state index in [1.54, 1.807) is 4.90 Å². The van der Waals surface area contributed by atoms with Crippen molar-refractivity contribution in [3.8, 4) is 0 Å². The predicted molar refractivity (Wildman–Crippen MR) is 65.6 cm³/mol. The third-order valence-corrected chi connectivity index (χ3v) is 3.61. The van der Waals surface area contributed by atoms with Gasteiger partial charge in [-0.25, -0.2) is 8.78 Å². The summed E-state index contributed by atoms with van der Waals surface area (Å²) in [7, 11) is 0. The molecule has 1 aromatic carbocycles. The standard InChI is InChI=1S/C14H16F5N/c15-13(16)9-20-8-2-1-3-12(20)10-4-6-11(7-5-10)14(17,18)19/h4-7,12-13H,1-3,8-9H2. The number of rotatable bonds is 3. The SMILES string of the molecule is FC(F)CN1CCCCC1c1ccc(C(F)(F)F)cc1. The van der Waals surface area contributed by atoms with Gasteiger partial charge in [-0.3, -0.25) is 4.90 Å². The van der Waals surface area contributed by atoms with Crippen LogP contribution in [0.5, 0.6) is 0 Å². The van der Waals surface area contributed by atoms with Crippen molar-refractivity contribution in [2.45, 2.75) is 37.9 Å². The largest absolute Gasteiger partial charge is 0.416 e. The second-order valence-corrected chi connectivity index (χ2v) is 5.02. The quantitative estimate of drug-likeness (QED) is 0.742. The van der Waals surface area contributed by atoms with Crippen LogP contribution in [0.25, 0.3) is 0 Å². The van der Waals surface area contributed by atoms with E-state index in [4.69, 9.17) is 0 Å². The maximum atomic E-state index is 12.5. The van der Waals surface area contributed by atoms with Gasteiger partial charge in [0.25, 0.3) is 6.43 Å². The lowest BCUT2D eigenvalue weighted by atomic mass is 9.94. The first-order chi connectivity index (χ1) is 9.38. The van der Waals surface area contributed by atoms with Gasteiger partial charge in [-0.2, -0.15) is 13.2 Å². The number of hydrogen-bond acceptors (Lipinski definition) is 1. The van der Waals surface area contributed by atoms with E-state index >= 15 is 0 Å². The number of halogens is 5. The molecule has 0 bridgehead atoms. The molecule has 0 aliphatic carbocycles. The first-order valence-electron chi connectivity index (χ1n) is 6.57. The predicted octanol–water partition coefficient (Wildman–Crippen LogP) is 4.50. The molecule has 0 spiro atoms. The van der Waals surface area contributed by atoms with Crippen LogP contribution in [0.2, 0.25) is 0 Å². The molecule has 1 atom stereocenters. The van der Waals surface area contributed by atoms with Crippen LogP contribution in [0.1, 0.15) is 36.4 Å². The smallest absolute Gasteiger partial charge is 0.291 e. The Bertz CT molecular complexity index is 426. The molecule has 1 aliphatic heterocycles. The Morgan fingerprint density at radius 3 is 2.30 bits per heavy atom. The van der Waals surface area contributed by atoms with Crippen molar-refractivity contribution in [2.24, 2.45) is 0 Å².